The van der Waals surface area contributed by atoms with Crippen LogP contribution in [0.4, 0.5) is 4.79 Å². The van der Waals surface area contributed by atoms with Crippen molar-refractivity contribution in [2.75, 3.05) is 13.2 Å². The Morgan fingerprint density at radius 3 is 2.42 bits per heavy atom. The molecule has 0 fully saturated rings. The number of urea groups is 1. The molecule has 0 bridgehead atoms. The Balaban J connectivity index is 2.30. The first-order valence-electron chi connectivity index (χ1n) is 5.65. The van der Waals surface area contributed by atoms with Gasteiger partial charge in [0.05, 0.1) is 6.61 Å². The fourth-order valence-corrected chi connectivity index (χ4v) is 1.49. The molecule has 0 spiro atoms. The molecular weight excluding hydrogens is 272 g/mol. The maximum atomic E-state index is 11.3. The van der Waals surface area contributed by atoms with Crippen molar-refractivity contribution in [3.63, 3.8) is 0 Å². The summed E-state index contributed by atoms with van der Waals surface area (Å²) in [5.74, 6) is -1.28. The van der Waals surface area contributed by atoms with Crippen LogP contribution in [0.5, 0.6) is 0 Å². The van der Waals surface area contributed by atoms with E-state index in [1.807, 2.05) is 12.1 Å². The molecular formula is C12H15ClN2O4. The molecule has 0 radical (unpaired) electrons. The monoisotopic (exact) mass is 286 g/mol. The van der Waals surface area contributed by atoms with E-state index in [-0.39, 0.29) is 0 Å². The number of aliphatic hydroxyl groups excluding tert-OH is 1. The van der Waals surface area contributed by atoms with Crippen LogP contribution < -0.4 is 10.6 Å². The van der Waals surface area contributed by atoms with Gasteiger partial charge in [0, 0.05) is 11.6 Å². The van der Waals surface area contributed by atoms with Crippen LogP contribution in [0.15, 0.2) is 24.3 Å². The van der Waals surface area contributed by atoms with E-state index < -0.39 is 24.6 Å². The summed E-state index contributed by atoms with van der Waals surface area (Å²) in [5, 5.41) is 22.7. The minimum Gasteiger partial charge on any atom is -0.480 e. The highest BCUT2D eigenvalue weighted by molar-refractivity contribution is 6.30. The number of carbonyl (C=O) groups excluding carboxylic acids is 1. The number of amides is 2. The Kier molecular flexibility index (Phi) is 6.11. The number of carbonyl (C=O) groups is 2. The third-order valence-electron chi connectivity index (χ3n) is 2.40. The fourth-order valence-electron chi connectivity index (χ4n) is 1.37. The first kappa shape index (κ1) is 15.3. The molecule has 6 nitrogen and oxygen atoms in total. The van der Waals surface area contributed by atoms with E-state index in [0.717, 1.165) is 5.56 Å². The van der Waals surface area contributed by atoms with Crippen molar-refractivity contribution in [1.82, 2.24) is 10.6 Å². The molecule has 1 aromatic rings. The number of hydrogen-bond donors (Lipinski definition) is 4. The quantitative estimate of drug-likeness (QED) is 0.616. The molecule has 4 N–H and O–H groups in total. The summed E-state index contributed by atoms with van der Waals surface area (Å²) in [4.78, 5) is 21.9. The van der Waals surface area contributed by atoms with Gasteiger partial charge >= 0.3 is 12.0 Å². The maximum absolute atomic E-state index is 11.3. The molecule has 0 saturated carbocycles. The summed E-state index contributed by atoms with van der Waals surface area (Å²) in [7, 11) is 0. The SMILES string of the molecule is O=C(NCCc1ccc(Cl)cc1)N[C@H](CO)C(=O)O. The van der Waals surface area contributed by atoms with Crippen LogP contribution >= 0.6 is 11.6 Å². The second-order valence-electron chi connectivity index (χ2n) is 3.85. The predicted octanol–water partition coefficient (Wildman–Crippen LogP) is 0.627. The highest BCUT2D eigenvalue weighted by Gasteiger charge is 2.17. The topological polar surface area (TPSA) is 98.7 Å². The fraction of sp³-hybridized carbons (Fsp3) is 0.333. The van der Waals surface area contributed by atoms with Gasteiger partial charge in [0.25, 0.3) is 0 Å². The van der Waals surface area contributed by atoms with Gasteiger partial charge in [0.1, 0.15) is 0 Å². The zero-order valence-corrected chi connectivity index (χ0v) is 10.9. The molecule has 0 heterocycles. The summed E-state index contributed by atoms with van der Waals surface area (Å²) >= 11 is 5.74. The lowest BCUT2D eigenvalue weighted by atomic mass is 10.1. The zero-order valence-electron chi connectivity index (χ0n) is 10.1. The van der Waals surface area contributed by atoms with Gasteiger partial charge in [-0.1, -0.05) is 23.7 Å². The molecule has 0 saturated heterocycles. The average molecular weight is 287 g/mol. The van der Waals surface area contributed by atoms with Gasteiger partial charge in [-0.15, -0.1) is 0 Å². The minimum absolute atomic E-state index is 0.352. The van der Waals surface area contributed by atoms with Crippen molar-refractivity contribution in [2.24, 2.45) is 0 Å². The summed E-state index contributed by atoms with van der Waals surface area (Å²) in [6.07, 6.45) is 0.599. The van der Waals surface area contributed by atoms with Crippen molar-refractivity contribution in [2.45, 2.75) is 12.5 Å². The van der Waals surface area contributed by atoms with Gasteiger partial charge in [0.2, 0.25) is 0 Å². The van der Waals surface area contributed by atoms with Crippen LogP contribution in [0.2, 0.25) is 5.02 Å². The molecule has 19 heavy (non-hydrogen) atoms. The van der Waals surface area contributed by atoms with E-state index in [4.69, 9.17) is 21.8 Å². The number of carboxylic acid groups (broad SMARTS) is 1. The number of rotatable bonds is 6. The lowest BCUT2D eigenvalue weighted by molar-refractivity contribution is -0.140. The zero-order chi connectivity index (χ0) is 14.3. The molecule has 1 atom stereocenters. The van der Waals surface area contributed by atoms with Crippen LogP contribution in [0.3, 0.4) is 0 Å². The van der Waals surface area contributed by atoms with Gasteiger partial charge in [-0.3, -0.25) is 0 Å². The van der Waals surface area contributed by atoms with Crippen molar-refractivity contribution in [3.8, 4) is 0 Å². The molecule has 0 aliphatic rings. The lowest BCUT2D eigenvalue weighted by Crippen LogP contribution is -2.48. The molecule has 104 valence electrons. The summed E-state index contributed by atoms with van der Waals surface area (Å²) in [5.41, 5.74) is 1.00. The predicted molar refractivity (Wildman–Crippen MR) is 70.2 cm³/mol. The maximum Gasteiger partial charge on any atom is 0.328 e. The van der Waals surface area contributed by atoms with Crippen molar-refractivity contribution in [1.29, 1.82) is 0 Å². The Morgan fingerprint density at radius 1 is 1.26 bits per heavy atom. The van der Waals surface area contributed by atoms with E-state index in [0.29, 0.717) is 18.0 Å². The van der Waals surface area contributed by atoms with Gasteiger partial charge in [-0.2, -0.15) is 0 Å². The molecule has 0 unspecified atom stereocenters. The van der Waals surface area contributed by atoms with Gasteiger partial charge in [0.15, 0.2) is 6.04 Å². The third-order valence-corrected chi connectivity index (χ3v) is 2.65. The smallest absolute Gasteiger partial charge is 0.328 e. The van der Waals surface area contributed by atoms with Crippen LogP contribution in [-0.4, -0.2) is 41.4 Å². The molecule has 0 aliphatic carbocycles. The second kappa shape index (κ2) is 7.60. The highest BCUT2D eigenvalue weighted by atomic mass is 35.5. The second-order valence-corrected chi connectivity index (χ2v) is 4.29. The first-order chi connectivity index (χ1) is 9.02. The Morgan fingerprint density at radius 2 is 1.89 bits per heavy atom. The van der Waals surface area contributed by atoms with Crippen molar-refractivity contribution < 1.29 is 19.8 Å². The van der Waals surface area contributed by atoms with E-state index in [9.17, 15) is 9.59 Å². The van der Waals surface area contributed by atoms with Crippen LogP contribution in [0, 0.1) is 0 Å². The number of carboxylic acids is 1. The van der Waals surface area contributed by atoms with Crippen molar-refractivity contribution in [3.05, 3.63) is 34.9 Å². The van der Waals surface area contributed by atoms with Crippen LogP contribution in [0.1, 0.15) is 5.56 Å². The van der Waals surface area contributed by atoms with Crippen LogP contribution in [-0.2, 0) is 11.2 Å². The Labute approximate surface area is 115 Å². The summed E-state index contributed by atoms with van der Waals surface area (Å²) < 4.78 is 0. The van der Waals surface area contributed by atoms with Gasteiger partial charge in [-0.25, -0.2) is 9.59 Å². The molecule has 0 aliphatic heterocycles. The van der Waals surface area contributed by atoms with Crippen molar-refractivity contribution >= 4 is 23.6 Å². The van der Waals surface area contributed by atoms with Gasteiger partial charge in [-0.05, 0) is 24.1 Å². The number of aliphatic carboxylic acids is 1. The standard InChI is InChI=1S/C12H15ClN2O4/c13-9-3-1-8(2-4-9)5-6-14-12(19)15-10(7-16)11(17)18/h1-4,10,16H,5-7H2,(H,17,18)(H2,14,15,19)/t10-/m1/s1. The lowest BCUT2D eigenvalue weighted by Gasteiger charge is -2.12. The molecule has 7 heteroatoms. The van der Waals surface area contributed by atoms with E-state index >= 15 is 0 Å². The summed E-state index contributed by atoms with van der Waals surface area (Å²) in [6.45, 7) is -0.300. The van der Waals surface area contributed by atoms with Gasteiger partial charge < -0.3 is 20.8 Å². The number of nitrogens with one attached hydrogen (secondary N) is 2. The van der Waals surface area contributed by atoms with Crippen LogP contribution in [0.25, 0.3) is 0 Å². The minimum atomic E-state index is -1.30. The van der Waals surface area contributed by atoms with E-state index in [1.165, 1.54) is 0 Å². The Hall–Kier alpha value is -1.79. The van der Waals surface area contributed by atoms with E-state index in [1.54, 1.807) is 12.1 Å². The van der Waals surface area contributed by atoms with E-state index in [2.05, 4.69) is 10.6 Å². The molecule has 1 rings (SSSR count). The largest absolute Gasteiger partial charge is 0.480 e. The normalized spacial score (nSPS) is 11.7. The number of halogens is 1. The first-order valence-corrected chi connectivity index (χ1v) is 6.03. The highest BCUT2D eigenvalue weighted by Crippen LogP contribution is 2.09. The molecule has 0 aromatic heterocycles. The average Bonchev–Trinajstić information content (AvgIpc) is 2.38. The third kappa shape index (κ3) is 5.58. The number of benzene rings is 1. The molecule has 2 amide bonds. The number of aliphatic hydroxyl groups is 1. The molecule has 1 aromatic carbocycles. The summed E-state index contributed by atoms with van der Waals surface area (Å²) in [6, 6.07) is 5.27. The Bertz CT molecular complexity index is 436. The number of hydrogen-bond acceptors (Lipinski definition) is 3.